The van der Waals surface area contributed by atoms with Crippen molar-refractivity contribution in [1.29, 1.82) is 0 Å². The number of anilines is 3. The van der Waals surface area contributed by atoms with Crippen LogP contribution in [0.1, 0.15) is 0 Å². The summed E-state index contributed by atoms with van der Waals surface area (Å²) in [5.74, 6) is 0. The maximum Gasteiger partial charge on any atom is 0.143 e. The van der Waals surface area contributed by atoms with Gasteiger partial charge in [-0.1, -0.05) is 133 Å². The Kier molecular flexibility index (Phi) is 6.93. The normalized spacial score (nSPS) is 11.9. The van der Waals surface area contributed by atoms with Crippen molar-refractivity contribution in [2.24, 2.45) is 0 Å². The molecule has 2 aromatic heterocycles. The van der Waals surface area contributed by atoms with Gasteiger partial charge in [0, 0.05) is 49.7 Å². The van der Waals surface area contributed by atoms with Gasteiger partial charge in [0.1, 0.15) is 11.2 Å². The molecule has 3 nitrogen and oxygen atoms in total. The zero-order chi connectivity index (χ0) is 37.5. The quantitative estimate of drug-likeness (QED) is 0.165. The summed E-state index contributed by atoms with van der Waals surface area (Å²) >= 11 is 0. The largest absolute Gasteiger partial charge is 0.455 e. The Morgan fingerprint density at radius 1 is 0.333 bits per heavy atom. The number of nitrogens with zero attached hydrogens (tertiary/aromatic N) is 2. The molecule has 0 saturated heterocycles. The third kappa shape index (κ3) is 4.99. The maximum absolute atomic E-state index is 6.55. The predicted molar refractivity (Wildman–Crippen MR) is 241 cm³/mol. The zero-order valence-corrected chi connectivity index (χ0v) is 30.9. The molecule has 10 aromatic carbocycles. The fourth-order valence-electron chi connectivity index (χ4n) is 9.04. The summed E-state index contributed by atoms with van der Waals surface area (Å²) < 4.78 is 8.93. The van der Waals surface area contributed by atoms with E-state index in [-0.39, 0.29) is 0 Å². The molecule has 0 radical (unpaired) electrons. The summed E-state index contributed by atoms with van der Waals surface area (Å²) in [5, 5.41) is 12.0. The molecule has 2 heterocycles. The van der Waals surface area contributed by atoms with Gasteiger partial charge in [0.2, 0.25) is 0 Å². The molecule has 266 valence electrons. The van der Waals surface area contributed by atoms with E-state index in [9.17, 15) is 0 Å². The summed E-state index contributed by atoms with van der Waals surface area (Å²) in [6.07, 6.45) is 0. The van der Waals surface area contributed by atoms with Crippen LogP contribution in [0.5, 0.6) is 0 Å². The number of aromatic nitrogens is 1. The van der Waals surface area contributed by atoms with E-state index in [1.807, 2.05) is 0 Å². The topological polar surface area (TPSA) is 21.3 Å². The number of furan rings is 1. The van der Waals surface area contributed by atoms with E-state index in [1.165, 1.54) is 54.3 Å². The number of rotatable bonds is 5. The minimum atomic E-state index is 0.882. The zero-order valence-electron chi connectivity index (χ0n) is 30.9. The molecule has 0 saturated carbocycles. The molecule has 0 atom stereocenters. The highest BCUT2D eigenvalue weighted by molar-refractivity contribution is 6.16. The second kappa shape index (κ2) is 12.5. The molecule has 0 spiro atoms. The van der Waals surface area contributed by atoms with Gasteiger partial charge < -0.3 is 13.9 Å². The van der Waals surface area contributed by atoms with Gasteiger partial charge >= 0.3 is 0 Å². The van der Waals surface area contributed by atoms with Crippen LogP contribution in [0.15, 0.2) is 211 Å². The number of hydrogen-bond acceptors (Lipinski definition) is 2. The number of para-hydroxylation sites is 2. The Morgan fingerprint density at radius 2 is 0.895 bits per heavy atom. The minimum Gasteiger partial charge on any atom is -0.455 e. The molecule has 12 rings (SSSR count). The molecule has 3 heteroatoms. The van der Waals surface area contributed by atoms with Crippen molar-refractivity contribution in [3.63, 3.8) is 0 Å². The lowest BCUT2D eigenvalue weighted by Gasteiger charge is -2.26. The first-order valence-corrected chi connectivity index (χ1v) is 19.5. The fraction of sp³-hybridized carbons (Fsp3) is 0. The lowest BCUT2D eigenvalue weighted by Crippen LogP contribution is -2.09. The Bertz CT molecular complexity index is 3480. The SMILES string of the molecule is c1cc(-c2ccc(N(c3ccc4ccc5ccccc5c4c3)c3ccc4oc5c6ccccc6ccc5c4c3)cc2)cc(-n2c3ccccc3c3ccccc32)c1. The molecule has 0 N–H and O–H groups in total. The molecule has 0 aliphatic carbocycles. The van der Waals surface area contributed by atoms with Crippen molar-refractivity contribution in [1.82, 2.24) is 4.57 Å². The van der Waals surface area contributed by atoms with Crippen molar-refractivity contribution < 1.29 is 4.42 Å². The summed E-state index contributed by atoms with van der Waals surface area (Å²) in [6, 6.07) is 74.6. The Labute approximate surface area is 328 Å². The molecule has 0 bridgehead atoms. The van der Waals surface area contributed by atoms with Gasteiger partial charge in [-0.15, -0.1) is 0 Å². The van der Waals surface area contributed by atoms with E-state index in [4.69, 9.17) is 4.42 Å². The van der Waals surface area contributed by atoms with Crippen molar-refractivity contribution in [3.05, 3.63) is 206 Å². The third-order valence-corrected chi connectivity index (χ3v) is 11.7. The second-order valence-electron chi connectivity index (χ2n) is 14.9. The van der Waals surface area contributed by atoms with Gasteiger partial charge in [-0.3, -0.25) is 0 Å². The van der Waals surface area contributed by atoms with Gasteiger partial charge in [-0.25, -0.2) is 0 Å². The van der Waals surface area contributed by atoms with Crippen molar-refractivity contribution in [2.75, 3.05) is 4.90 Å². The van der Waals surface area contributed by atoms with E-state index in [0.717, 1.165) is 55.6 Å². The third-order valence-electron chi connectivity index (χ3n) is 11.7. The first-order chi connectivity index (χ1) is 28.2. The highest BCUT2D eigenvalue weighted by Gasteiger charge is 2.18. The van der Waals surface area contributed by atoms with Crippen LogP contribution in [0.2, 0.25) is 0 Å². The van der Waals surface area contributed by atoms with Crippen LogP contribution >= 0.6 is 0 Å². The Morgan fingerprint density at radius 3 is 1.65 bits per heavy atom. The van der Waals surface area contributed by atoms with E-state index >= 15 is 0 Å². The Hall–Kier alpha value is -7.62. The average Bonchev–Trinajstić information content (AvgIpc) is 3.83. The van der Waals surface area contributed by atoms with Gasteiger partial charge in [0.25, 0.3) is 0 Å². The van der Waals surface area contributed by atoms with E-state index in [2.05, 4.69) is 216 Å². The van der Waals surface area contributed by atoms with Crippen molar-refractivity contribution >= 4 is 93.1 Å². The minimum absolute atomic E-state index is 0.882. The lowest BCUT2D eigenvalue weighted by atomic mass is 10.0. The van der Waals surface area contributed by atoms with Crippen LogP contribution in [0.25, 0.3) is 92.9 Å². The highest BCUT2D eigenvalue weighted by atomic mass is 16.3. The molecule has 0 amide bonds. The molecule has 57 heavy (non-hydrogen) atoms. The number of fused-ring (bicyclic) bond motifs is 11. The van der Waals surface area contributed by atoms with E-state index < -0.39 is 0 Å². The van der Waals surface area contributed by atoms with Crippen LogP contribution in [0.3, 0.4) is 0 Å². The summed E-state index contributed by atoms with van der Waals surface area (Å²) in [6.45, 7) is 0. The van der Waals surface area contributed by atoms with Crippen LogP contribution < -0.4 is 4.90 Å². The van der Waals surface area contributed by atoms with Gasteiger partial charge in [-0.05, 0) is 111 Å². The van der Waals surface area contributed by atoms with Crippen LogP contribution in [0, 0.1) is 0 Å². The monoisotopic (exact) mass is 726 g/mol. The predicted octanol–water partition coefficient (Wildman–Crippen LogP) is 15.3. The van der Waals surface area contributed by atoms with Gasteiger partial charge in [0.05, 0.1) is 11.0 Å². The van der Waals surface area contributed by atoms with Crippen molar-refractivity contribution in [2.45, 2.75) is 0 Å². The second-order valence-corrected chi connectivity index (χ2v) is 14.9. The first kappa shape index (κ1) is 31.7. The highest BCUT2D eigenvalue weighted by Crippen LogP contribution is 2.42. The number of benzene rings is 10. The molecular weight excluding hydrogens is 693 g/mol. The first-order valence-electron chi connectivity index (χ1n) is 19.5. The molecule has 0 fully saturated rings. The Balaban J connectivity index is 1.01. The molecule has 0 aliphatic rings. The van der Waals surface area contributed by atoms with E-state index in [1.54, 1.807) is 0 Å². The van der Waals surface area contributed by atoms with Crippen LogP contribution in [-0.4, -0.2) is 4.57 Å². The molecule has 0 aliphatic heterocycles. The summed E-state index contributed by atoms with van der Waals surface area (Å²) in [5.41, 5.74) is 10.9. The smallest absolute Gasteiger partial charge is 0.143 e. The molecular formula is C54H34N2O. The van der Waals surface area contributed by atoms with E-state index in [0.29, 0.717) is 0 Å². The van der Waals surface area contributed by atoms with Crippen LogP contribution in [0.4, 0.5) is 17.1 Å². The molecule has 0 unspecified atom stereocenters. The fourth-order valence-corrected chi connectivity index (χ4v) is 9.04. The van der Waals surface area contributed by atoms with Crippen molar-refractivity contribution in [3.8, 4) is 16.8 Å². The number of hydrogen-bond donors (Lipinski definition) is 0. The molecule has 12 aromatic rings. The lowest BCUT2D eigenvalue weighted by molar-refractivity contribution is 0.672. The van der Waals surface area contributed by atoms with Gasteiger partial charge in [0.15, 0.2) is 0 Å². The van der Waals surface area contributed by atoms with Crippen LogP contribution in [-0.2, 0) is 0 Å². The average molecular weight is 727 g/mol. The maximum atomic E-state index is 6.55. The summed E-state index contributed by atoms with van der Waals surface area (Å²) in [7, 11) is 0. The summed E-state index contributed by atoms with van der Waals surface area (Å²) in [4.78, 5) is 2.37. The van der Waals surface area contributed by atoms with Gasteiger partial charge in [-0.2, -0.15) is 0 Å². The standard InChI is InChI=1S/C54H34N2O/c1-3-14-44-36(10-1)20-21-38-24-28-42(33-49(38)44)55(43-29-31-53-50(34-43)48-30-25-37-11-2-4-15-45(37)54(48)57-53)40-26-22-35(23-27-40)39-12-9-13-41(32-39)56-51-18-7-5-16-46(51)47-17-6-8-19-52(47)56/h1-34H.